The van der Waals surface area contributed by atoms with Gasteiger partial charge in [-0.1, -0.05) is 27.2 Å². The summed E-state index contributed by atoms with van der Waals surface area (Å²) in [6.07, 6.45) is 10.9. The maximum atomic E-state index is 11.4. The molecule has 3 heteroatoms. The van der Waals surface area contributed by atoms with Gasteiger partial charge >= 0.3 is 0 Å². The molecule has 5 fully saturated rings. The molecule has 4 aliphatic carbocycles. The van der Waals surface area contributed by atoms with Crippen molar-refractivity contribution >= 4 is 0 Å². The average Bonchev–Trinajstić information content (AvgIpc) is 2.88. The molecule has 1 N–H and O–H groups in total. The quantitative estimate of drug-likeness (QED) is 0.745. The summed E-state index contributed by atoms with van der Waals surface area (Å²) in [6.45, 7) is 7.85. The zero-order chi connectivity index (χ0) is 17.4. The standard InChI is InChI=1S/C22H36O3/c1-4-14-6-8-17-16-7-5-15-11-22(24-13-25-22)10-9-20(15,2)19(16)18(23)12-21(14,17)3/h14-19,23H,4-13H2,1-3H3/t14-,15+,16-,17-,18-,19+,20-,21+/m0/s1. The van der Waals surface area contributed by atoms with Crippen molar-refractivity contribution in [2.45, 2.75) is 90.4 Å². The Hall–Kier alpha value is -0.120. The van der Waals surface area contributed by atoms with E-state index in [-0.39, 0.29) is 17.3 Å². The van der Waals surface area contributed by atoms with Gasteiger partial charge in [-0.2, -0.15) is 0 Å². The van der Waals surface area contributed by atoms with Crippen LogP contribution in [-0.2, 0) is 9.47 Å². The number of aliphatic hydroxyl groups is 1. The fourth-order valence-corrected chi connectivity index (χ4v) is 8.58. The topological polar surface area (TPSA) is 38.7 Å². The van der Waals surface area contributed by atoms with E-state index in [0.717, 1.165) is 43.4 Å². The summed E-state index contributed by atoms with van der Waals surface area (Å²) in [7, 11) is 0. The summed E-state index contributed by atoms with van der Waals surface area (Å²) in [4.78, 5) is 0. The van der Waals surface area contributed by atoms with Crippen LogP contribution in [0.25, 0.3) is 0 Å². The van der Waals surface area contributed by atoms with Crippen LogP contribution in [0.3, 0.4) is 0 Å². The first-order chi connectivity index (χ1) is 11.9. The summed E-state index contributed by atoms with van der Waals surface area (Å²) >= 11 is 0. The summed E-state index contributed by atoms with van der Waals surface area (Å²) in [6, 6.07) is 0. The minimum absolute atomic E-state index is 0.108. The van der Waals surface area contributed by atoms with E-state index in [1.165, 1.54) is 32.1 Å². The van der Waals surface area contributed by atoms with Gasteiger partial charge in [0.2, 0.25) is 0 Å². The zero-order valence-electron chi connectivity index (χ0n) is 16.3. The van der Waals surface area contributed by atoms with Gasteiger partial charge in [0.05, 0.1) is 6.10 Å². The largest absolute Gasteiger partial charge is 0.393 e. The van der Waals surface area contributed by atoms with Gasteiger partial charge < -0.3 is 14.6 Å². The van der Waals surface area contributed by atoms with Crippen LogP contribution in [0.4, 0.5) is 0 Å². The van der Waals surface area contributed by atoms with Crippen LogP contribution < -0.4 is 0 Å². The third-order valence-corrected chi connectivity index (χ3v) is 9.93. The lowest BCUT2D eigenvalue weighted by Crippen LogP contribution is -2.62. The Morgan fingerprint density at radius 1 is 0.960 bits per heavy atom. The Morgan fingerprint density at radius 3 is 2.44 bits per heavy atom. The molecule has 1 spiro atoms. The molecule has 1 saturated heterocycles. The minimum Gasteiger partial charge on any atom is -0.393 e. The molecule has 0 bridgehead atoms. The molecule has 0 aromatic carbocycles. The number of fused-ring (bicyclic) bond motifs is 5. The highest BCUT2D eigenvalue weighted by Gasteiger charge is 2.64. The van der Waals surface area contributed by atoms with E-state index in [1.54, 1.807) is 0 Å². The van der Waals surface area contributed by atoms with Crippen molar-refractivity contribution in [1.82, 2.24) is 0 Å². The van der Waals surface area contributed by atoms with Crippen LogP contribution in [0.2, 0.25) is 0 Å². The number of hydrogen-bond acceptors (Lipinski definition) is 3. The summed E-state index contributed by atoms with van der Waals surface area (Å²) in [5.74, 6) is 3.30. The van der Waals surface area contributed by atoms with Crippen molar-refractivity contribution in [1.29, 1.82) is 0 Å². The molecule has 0 radical (unpaired) electrons. The predicted octanol–water partition coefficient (Wildman–Crippen LogP) is 4.73. The summed E-state index contributed by atoms with van der Waals surface area (Å²) in [5, 5.41) is 11.4. The molecule has 0 aromatic rings. The number of hydrogen-bond donors (Lipinski definition) is 1. The highest BCUT2D eigenvalue weighted by atomic mass is 16.9. The molecule has 25 heavy (non-hydrogen) atoms. The predicted molar refractivity (Wildman–Crippen MR) is 96.7 cm³/mol. The molecule has 4 saturated carbocycles. The molecule has 8 atom stereocenters. The van der Waals surface area contributed by atoms with Gasteiger partial charge in [-0.25, -0.2) is 0 Å². The average molecular weight is 349 g/mol. The van der Waals surface area contributed by atoms with Crippen LogP contribution >= 0.6 is 0 Å². The van der Waals surface area contributed by atoms with Gasteiger partial charge in [-0.05, 0) is 78.9 Å². The van der Waals surface area contributed by atoms with Crippen molar-refractivity contribution in [2.24, 2.45) is 40.4 Å². The molecule has 1 aliphatic heterocycles. The lowest BCUT2D eigenvalue weighted by Gasteiger charge is -2.64. The van der Waals surface area contributed by atoms with Crippen molar-refractivity contribution in [2.75, 3.05) is 6.79 Å². The second-order valence-electron chi connectivity index (χ2n) is 10.6. The smallest absolute Gasteiger partial charge is 0.174 e. The normalized spacial score (nSPS) is 56.6. The van der Waals surface area contributed by atoms with Crippen molar-refractivity contribution in [3.63, 3.8) is 0 Å². The first-order valence-electron chi connectivity index (χ1n) is 10.9. The lowest BCUT2D eigenvalue weighted by atomic mass is 9.43. The third-order valence-electron chi connectivity index (χ3n) is 9.93. The van der Waals surface area contributed by atoms with Crippen molar-refractivity contribution < 1.29 is 14.6 Å². The van der Waals surface area contributed by atoms with E-state index < -0.39 is 0 Å². The molecule has 142 valence electrons. The fraction of sp³-hybridized carbons (Fsp3) is 1.00. The summed E-state index contributed by atoms with van der Waals surface area (Å²) < 4.78 is 11.7. The summed E-state index contributed by atoms with van der Waals surface area (Å²) in [5.41, 5.74) is 0.663. The maximum absolute atomic E-state index is 11.4. The number of ether oxygens (including phenoxy) is 2. The lowest BCUT2D eigenvalue weighted by molar-refractivity contribution is -0.420. The third kappa shape index (κ3) is 2.15. The van der Waals surface area contributed by atoms with Crippen molar-refractivity contribution in [3.8, 4) is 0 Å². The molecule has 5 rings (SSSR count). The van der Waals surface area contributed by atoms with Gasteiger partial charge in [0.15, 0.2) is 12.6 Å². The van der Waals surface area contributed by atoms with E-state index in [2.05, 4.69) is 20.8 Å². The van der Waals surface area contributed by atoms with Crippen LogP contribution in [0.5, 0.6) is 0 Å². The number of rotatable bonds is 1. The first kappa shape index (κ1) is 17.0. The van der Waals surface area contributed by atoms with Crippen LogP contribution in [0, 0.1) is 40.4 Å². The molecular formula is C22H36O3. The molecule has 0 aromatic heterocycles. The monoisotopic (exact) mass is 348 g/mol. The highest BCUT2D eigenvalue weighted by molar-refractivity contribution is 5.12. The van der Waals surface area contributed by atoms with Crippen molar-refractivity contribution in [3.05, 3.63) is 0 Å². The molecular weight excluding hydrogens is 312 g/mol. The molecule has 0 amide bonds. The second kappa shape index (κ2) is 5.45. The minimum atomic E-state index is -0.258. The number of aliphatic hydroxyl groups excluding tert-OH is 1. The van der Waals surface area contributed by atoms with Crippen LogP contribution in [0.1, 0.15) is 78.6 Å². The molecule has 1 heterocycles. The maximum Gasteiger partial charge on any atom is 0.174 e. The Balaban J connectivity index is 1.45. The highest BCUT2D eigenvalue weighted by Crippen LogP contribution is 2.68. The van der Waals surface area contributed by atoms with E-state index in [9.17, 15) is 5.11 Å². The molecule has 5 aliphatic rings. The van der Waals surface area contributed by atoms with Crippen LogP contribution in [-0.4, -0.2) is 23.8 Å². The Bertz CT molecular complexity index is 543. The van der Waals surface area contributed by atoms with Crippen LogP contribution in [0.15, 0.2) is 0 Å². The van der Waals surface area contributed by atoms with Gasteiger partial charge in [0, 0.05) is 12.8 Å². The zero-order valence-corrected chi connectivity index (χ0v) is 16.3. The van der Waals surface area contributed by atoms with Gasteiger partial charge in [-0.15, -0.1) is 0 Å². The fourth-order valence-electron chi connectivity index (χ4n) is 8.58. The molecule has 0 unspecified atom stereocenters. The van der Waals surface area contributed by atoms with Gasteiger partial charge in [-0.3, -0.25) is 0 Å². The SMILES string of the molecule is CC[C@H]1CC[C@H]2[C@@H]3CC[C@@H]4CC5(CC[C@]4(C)[C@H]3[C@@H](O)C[C@]12C)OCO5. The Kier molecular flexibility index (Phi) is 3.71. The molecule has 3 nitrogen and oxygen atoms in total. The second-order valence-corrected chi connectivity index (χ2v) is 10.6. The van der Waals surface area contributed by atoms with E-state index in [0.29, 0.717) is 24.0 Å². The van der Waals surface area contributed by atoms with Gasteiger partial charge in [0.1, 0.15) is 0 Å². The van der Waals surface area contributed by atoms with Gasteiger partial charge in [0.25, 0.3) is 0 Å². The Labute approximate surface area is 152 Å². The van der Waals surface area contributed by atoms with E-state index >= 15 is 0 Å². The van der Waals surface area contributed by atoms with E-state index in [4.69, 9.17) is 9.47 Å². The first-order valence-corrected chi connectivity index (χ1v) is 10.9. The Morgan fingerprint density at radius 2 is 1.76 bits per heavy atom. The van der Waals surface area contributed by atoms with E-state index in [1.807, 2.05) is 0 Å².